The standard InChI is InChI=1S/2C14H14F2NO.2C5H5.Ti/c2*1-10-3-5-12(7-8-18-2)17(10)14-6-4-11(15)9-13(14)16;2*1-2-4-5-3-1;/h2*3-6H,7-8H2,1-2H3;2*1-5H;/q4*-1;+4. The molecule has 0 atom stereocenters. The van der Waals surface area contributed by atoms with Crippen molar-refractivity contribution in [3.8, 4) is 11.4 Å². The van der Waals surface area contributed by atoms with Gasteiger partial charge in [0.25, 0.3) is 0 Å². The summed E-state index contributed by atoms with van der Waals surface area (Å²) in [6, 6.07) is 37.0. The second-order valence-corrected chi connectivity index (χ2v) is 10.0. The Kier molecular flexibility index (Phi) is 17.6. The molecule has 4 aromatic carbocycles. The van der Waals surface area contributed by atoms with Crippen molar-refractivity contribution in [1.29, 1.82) is 0 Å². The summed E-state index contributed by atoms with van der Waals surface area (Å²) in [6.45, 7) is 4.85. The van der Waals surface area contributed by atoms with Crippen molar-refractivity contribution in [2.45, 2.75) is 26.7 Å². The Labute approximate surface area is 289 Å². The smallest absolute Gasteiger partial charge is 0.384 e. The number of aromatic nitrogens is 2. The molecule has 0 saturated heterocycles. The molecule has 6 rings (SSSR count). The van der Waals surface area contributed by atoms with Gasteiger partial charge >= 0.3 is 21.7 Å². The number of ether oxygens (including phenoxy) is 2. The van der Waals surface area contributed by atoms with Crippen molar-refractivity contribution in [2.24, 2.45) is 0 Å². The summed E-state index contributed by atoms with van der Waals surface area (Å²) in [4.78, 5) is 0. The van der Waals surface area contributed by atoms with E-state index in [1.54, 1.807) is 23.4 Å². The summed E-state index contributed by atoms with van der Waals surface area (Å²) >= 11 is 0. The molecular formula is C38H38F4N2O2Ti. The maximum atomic E-state index is 13.7. The third-order valence-electron chi connectivity index (χ3n) is 6.71. The first-order valence-electron chi connectivity index (χ1n) is 14.7. The number of halogens is 4. The molecule has 9 heteroatoms. The molecule has 0 spiro atoms. The molecule has 0 amide bonds. The molecule has 4 nitrogen and oxygen atoms in total. The van der Waals surface area contributed by atoms with Crippen LogP contribution in [0.1, 0.15) is 22.8 Å². The first-order chi connectivity index (χ1) is 22.3. The van der Waals surface area contributed by atoms with Gasteiger partial charge in [0, 0.05) is 73.1 Å². The second-order valence-electron chi connectivity index (χ2n) is 10.0. The average Bonchev–Trinajstić information content (AvgIpc) is 3.87. The van der Waals surface area contributed by atoms with Crippen LogP contribution in [0.15, 0.2) is 109 Å². The maximum absolute atomic E-state index is 13.7. The van der Waals surface area contributed by atoms with Crippen LogP contribution < -0.4 is 0 Å². The van der Waals surface area contributed by atoms with Crippen molar-refractivity contribution >= 4 is 0 Å². The molecule has 0 unspecified atom stereocenters. The molecular weight excluding hydrogens is 640 g/mol. The fourth-order valence-corrected chi connectivity index (χ4v) is 4.54. The molecule has 2 heterocycles. The van der Waals surface area contributed by atoms with Gasteiger partial charge < -0.3 is 18.6 Å². The first-order valence-corrected chi connectivity index (χ1v) is 14.7. The number of hydrogen-bond donors (Lipinski definition) is 0. The molecule has 0 aliphatic carbocycles. The van der Waals surface area contributed by atoms with Crippen LogP contribution in [0.3, 0.4) is 0 Å². The van der Waals surface area contributed by atoms with Crippen molar-refractivity contribution in [1.82, 2.24) is 9.13 Å². The van der Waals surface area contributed by atoms with Gasteiger partial charge in [0.15, 0.2) is 0 Å². The van der Waals surface area contributed by atoms with Gasteiger partial charge in [-0.3, -0.25) is 0 Å². The van der Waals surface area contributed by atoms with E-state index in [4.69, 9.17) is 9.47 Å². The Morgan fingerprint density at radius 3 is 1.21 bits per heavy atom. The Balaban J connectivity index is 0.000000248. The van der Waals surface area contributed by atoms with E-state index in [0.29, 0.717) is 37.4 Å². The van der Waals surface area contributed by atoms with E-state index in [0.717, 1.165) is 22.8 Å². The second kappa shape index (κ2) is 21.0. The van der Waals surface area contributed by atoms with E-state index in [1.807, 2.05) is 98.8 Å². The number of hydrogen-bond acceptors (Lipinski definition) is 2. The molecule has 2 aromatic heterocycles. The zero-order valence-electron chi connectivity index (χ0n) is 26.9. The molecule has 0 radical (unpaired) electrons. The predicted octanol–water partition coefficient (Wildman–Crippen LogP) is 8.91. The fraction of sp³-hybridized carbons (Fsp3) is 0.211. The third kappa shape index (κ3) is 12.3. The van der Waals surface area contributed by atoms with Crippen LogP contribution in [-0.4, -0.2) is 36.6 Å². The SMILES string of the molecule is COCCc1ccc(C)n1-c1ccc(F)[c-]c1F.COCCc1ccc(C)n1-c1ccc(F)[c-]c1F.[Ti+4].c1cc[cH-]c1.c1cc[cH-]c1. The van der Waals surface area contributed by atoms with Gasteiger partial charge in [-0.1, -0.05) is 0 Å². The monoisotopic (exact) mass is 678 g/mol. The predicted molar refractivity (Wildman–Crippen MR) is 174 cm³/mol. The number of methoxy groups -OCH3 is 2. The quantitative estimate of drug-likeness (QED) is 0.0914. The number of benzene rings is 2. The molecule has 0 aliphatic heterocycles. The van der Waals surface area contributed by atoms with Gasteiger partial charge in [0.1, 0.15) is 0 Å². The van der Waals surface area contributed by atoms with Crippen LogP contribution in [0.2, 0.25) is 0 Å². The van der Waals surface area contributed by atoms with Crippen LogP contribution >= 0.6 is 0 Å². The molecule has 244 valence electrons. The van der Waals surface area contributed by atoms with Crippen LogP contribution in [0.5, 0.6) is 0 Å². The van der Waals surface area contributed by atoms with Crippen molar-refractivity contribution in [3.05, 3.63) is 167 Å². The van der Waals surface area contributed by atoms with Crippen LogP contribution in [0.25, 0.3) is 11.4 Å². The van der Waals surface area contributed by atoms with Gasteiger partial charge in [-0.15, -0.1) is 36.4 Å². The largest absolute Gasteiger partial charge is 4.00 e. The molecule has 47 heavy (non-hydrogen) atoms. The van der Waals surface area contributed by atoms with E-state index < -0.39 is 23.3 Å². The summed E-state index contributed by atoms with van der Waals surface area (Å²) in [6.07, 6.45) is 1.34. The van der Waals surface area contributed by atoms with Crippen LogP contribution in [-0.2, 0) is 44.0 Å². The van der Waals surface area contributed by atoms with E-state index in [1.165, 1.54) is 24.3 Å². The van der Waals surface area contributed by atoms with E-state index >= 15 is 0 Å². The Morgan fingerprint density at radius 2 is 0.936 bits per heavy atom. The van der Waals surface area contributed by atoms with Gasteiger partial charge in [0.05, 0.1) is 13.2 Å². The van der Waals surface area contributed by atoms with Crippen LogP contribution in [0.4, 0.5) is 17.6 Å². The molecule has 0 fully saturated rings. The third-order valence-corrected chi connectivity index (χ3v) is 6.71. The number of nitrogens with zero attached hydrogens (tertiary/aromatic N) is 2. The number of rotatable bonds is 8. The Morgan fingerprint density at radius 1 is 0.574 bits per heavy atom. The fourth-order valence-electron chi connectivity index (χ4n) is 4.54. The van der Waals surface area contributed by atoms with Gasteiger partial charge in [-0.05, 0) is 49.5 Å². The van der Waals surface area contributed by atoms with Crippen molar-refractivity contribution in [3.63, 3.8) is 0 Å². The summed E-state index contributed by atoms with van der Waals surface area (Å²) in [5.74, 6) is -2.76. The summed E-state index contributed by atoms with van der Waals surface area (Å²) in [5, 5.41) is 0. The summed E-state index contributed by atoms with van der Waals surface area (Å²) in [7, 11) is 3.23. The number of aryl methyl sites for hydroxylation is 2. The minimum atomic E-state index is -0.695. The molecule has 0 aliphatic rings. The van der Waals surface area contributed by atoms with Gasteiger partial charge in [0.2, 0.25) is 0 Å². The Bertz CT molecular complexity index is 1530. The summed E-state index contributed by atoms with van der Waals surface area (Å²) < 4.78 is 66.8. The molecule has 0 saturated carbocycles. The first kappa shape index (κ1) is 39.2. The van der Waals surface area contributed by atoms with E-state index in [9.17, 15) is 17.6 Å². The topological polar surface area (TPSA) is 28.3 Å². The Hall–Kier alpha value is -3.95. The van der Waals surface area contributed by atoms with E-state index in [2.05, 4.69) is 12.1 Å². The molecule has 0 N–H and O–H groups in total. The zero-order chi connectivity index (χ0) is 33.3. The van der Waals surface area contributed by atoms with Gasteiger partial charge in [-0.25, -0.2) is 41.8 Å². The van der Waals surface area contributed by atoms with E-state index in [-0.39, 0.29) is 21.7 Å². The minimum Gasteiger partial charge on any atom is -0.384 e. The van der Waals surface area contributed by atoms with Gasteiger partial charge in [-0.2, -0.15) is 36.4 Å². The normalized spacial score (nSPS) is 10.0. The summed E-state index contributed by atoms with van der Waals surface area (Å²) in [5.41, 5.74) is 4.25. The average molecular weight is 679 g/mol. The minimum absolute atomic E-state index is 0. The molecule has 0 bridgehead atoms. The zero-order valence-corrected chi connectivity index (χ0v) is 28.5. The molecule has 6 aromatic rings. The maximum Gasteiger partial charge on any atom is 4.00 e. The van der Waals surface area contributed by atoms with Crippen molar-refractivity contribution in [2.75, 3.05) is 27.4 Å². The van der Waals surface area contributed by atoms with Crippen LogP contribution in [0, 0.1) is 49.2 Å². The van der Waals surface area contributed by atoms with Crippen molar-refractivity contribution < 1.29 is 48.8 Å².